The summed E-state index contributed by atoms with van der Waals surface area (Å²) in [7, 11) is 1.90. The van der Waals surface area contributed by atoms with E-state index in [-0.39, 0.29) is 0 Å². The van der Waals surface area contributed by atoms with Crippen LogP contribution in [0.4, 0.5) is 11.4 Å². The molecular weight excluding hydrogens is 270 g/mol. The molecule has 2 rings (SSSR count). The van der Waals surface area contributed by atoms with E-state index in [0.29, 0.717) is 11.3 Å². The van der Waals surface area contributed by atoms with Crippen molar-refractivity contribution in [3.05, 3.63) is 53.6 Å². The lowest BCUT2D eigenvalue weighted by molar-refractivity contribution is 0.0694. The quantitative estimate of drug-likeness (QED) is 0.856. The van der Waals surface area contributed by atoms with Crippen LogP contribution in [0.3, 0.4) is 0 Å². The Kier molecular flexibility index (Phi) is 4.35. The molecule has 0 heterocycles. The Morgan fingerprint density at radius 1 is 1.10 bits per heavy atom. The van der Waals surface area contributed by atoms with Gasteiger partial charge in [-0.15, -0.1) is 11.8 Å². The van der Waals surface area contributed by atoms with Gasteiger partial charge in [-0.3, -0.25) is 0 Å². The zero-order valence-electron chi connectivity index (χ0n) is 11.8. The first-order chi connectivity index (χ1) is 9.56. The molecule has 0 spiro atoms. The van der Waals surface area contributed by atoms with Gasteiger partial charge in [0, 0.05) is 17.6 Å². The molecule has 0 radical (unpaired) electrons. The largest absolute Gasteiger partial charge is 0.478 e. The van der Waals surface area contributed by atoms with Crippen molar-refractivity contribution >= 4 is 29.1 Å². The first kappa shape index (κ1) is 14.5. The van der Waals surface area contributed by atoms with Crippen LogP contribution >= 0.6 is 11.8 Å². The van der Waals surface area contributed by atoms with E-state index in [9.17, 15) is 9.90 Å². The summed E-state index contributed by atoms with van der Waals surface area (Å²) in [4.78, 5) is 14.3. The van der Waals surface area contributed by atoms with Gasteiger partial charge in [0.1, 0.15) is 0 Å². The van der Waals surface area contributed by atoms with Crippen molar-refractivity contribution in [1.82, 2.24) is 0 Å². The minimum Gasteiger partial charge on any atom is -0.478 e. The average molecular weight is 287 g/mol. The molecule has 0 saturated carbocycles. The van der Waals surface area contributed by atoms with Gasteiger partial charge in [-0.2, -0.15) is 0 Å². The van der Waals surface area contributed by atoms with E-state index in [0.717, 1.165) is 16.1 Å². The van der Waals surface area contributed by atoms with E-state index < -0.39 is 5.97 Å². The Hall–Kier alpha value is -1.94. The molecule has 0 aromatic heterocycles. The number of carboxylic acid groups (broad SMARTS) is 1. The van der Waals surface area contributed by atoms with Gasteiger partial charge >= 0.3 is 5.97 Å². The summed E-state index contributed by atoms with van der Waals surface area (Å²) in [5.41, 5.74) is 3.18. The molecule has 0 unspecified atom stereocenters. The second-order valence-corrected chi connectivity index (χ2v) is 5.35. The van der Waals surface area contributed by atoms with E-state index in [2.05, 4.69) is 0 Å². The van der Waals surface area contributed by atoms with Gasteiger partial charge in [-0.25, -0.2) is 4.79 Å². The molecule has 4 heteroatoms. The number of benzene rings is 2. The Bertz CT molecular complexity index is 640. The third-order valence-electron chi connectivity index (χ3n) is 3.28. The molecule has 0 bridgehead atoms. The SMILES string of the molecule is CSc1cccc(N(C)c2ccccc2C)c1C(=O)O. The summed E-state index contributed by atoms with van der Waals surface area (Å²) in [5, 5.41) is 9.50. The van der Waals surface area contributed by atoms with Crippen LogP contribution < -0.4 is 4.90 Å². The molecule has 2 aromatic carbocycles. The molecule has 3 nitrogen and oxygen atoms in total. The number of anilines is 2. The normalized spacial score (nSPS) is 10.3. The van der Waals surface area contributed by atoms with Crippen LogP contribution in [0.2, 0.25) is 0 Å². The number of nitrogens with zero attached hydrogens (tertiary/aromatic N) is 1. The molecule has 0 aliphatic carbocycles. The van der Waals surface area contributed by atoms with E-state index >= 15 is 0 Å². The molecule has 0 amide bonds. The first-order valence-electron chi connectivity index (χ1n) is 6.26. The fourth-order valence-corrected chi connectivity index (χ4v) is 2.86. The molecule has 104 valence electrons. The van der Waals surface area contributed by atoms with Crippen molar-refractivity contribution in [3.8, 4) is 0 Å². The fraction of sp³-hybridized carbons (Fsp3) is 0.188. The fourth-order valence-electron chi connectivity index (χ4n) is 2.25. The van der Waals surface area contributed by atoms with Crippen molar-refractivity contribution in [3.63, 3.8) is 0 Å². The maximum Gasteiger partial charge on any atom is 0.338 e. The molecule has 2 aromatic rings. The summed E-state index contributed by atoms with van der Waals surface area (Å²) in [6, 6.07) is 13.5. The van der Waals surface area contributed by atoms with Crippen LogP contribution in [0.5, 0.6) is 0 Å². The van der Waals surface area contributed by atoms with Crippen LogP contribution in [0, 0.1) is 6.92 Å². The molecule has 0 saturated heterocycles. The minimum absolute atomic E-state index is 0.353. The number of aromatic carboxylic acids is 1. The van der Waals surface area contributed by atoms with Gasteiger partial charge in [0.2, 0.25) is 0 Å². The van der Waals surface area contributed by atoms with Crippen LogP contribution in [0.1, 0.15) is 15.9 Å². The Balaban J connectivity index is 2.58. The van der Waals surface area contributed by atoms with Crippen molar-refractivity contribution in [2.24, 2.45) is 0 Å². The predicted octanol–water partition coefficient (Wildman–Crippen LogP) is 4.18. The highest BCUT2D eigenvalue weighted by molar-refractivity contribution is 7.98. The van der Waals surface area contributed by atoms with E-state index in [1.165, 1.54) is 11.8 Å². The van der Waals surface area contributed by atoms with E-state index in [4.69, 9.17) is 0 Å². The lowest BCUT2D eigenvalue weighted by atomic mass is 10.1. The van der Waals surface area contributed by atoms with Crippen LogP contribution in [-0.2, 0) is 0 Å². The summed E-state index contributed by atoms with van der Waals surface area (Å²) in [6.45, 7) is 2.02. The number of thioether (sulfide) groups is 1. The summed E-state index contributed by atoms with van der Waals surface area (Å²) in [6.07, 6.45) is 1.89. The molecule has 0 aliphatic rings. The standard InChI is InChI=1S/C16H17NO2S/c1-11-7-4-5-8-12(11)17(2)13-9-6-10-14(20-3)15(13)16(18)19/h4-10H,1-3H3,(H,18,19). The van der Waals surface area contributed by atoms with Crippen molar-refractivity contribution in [2.75, 3.05) is 18.2 Å². The highest BCUT2D eigenvalue weighted by atomic mass is 32.2. The Morgan fingerprint density at radius 3 is 2.35 bits per heavy atom. The summed E-state index contributed by atoms with van der Waals surface area (Å²) in [5.74, 6) is -0.898. The van der Waals surface area contributed by atoms with Gasteiger partial charge in [-0.1, -0.05) is 24.3 Å². The summed E-state index contributed by atoms with van der Waals surface area (Å²) < 4.78 is 0. The van der Waals surface area contributed by atoms with Gasteiger partial charge < -0.3 is 10.0 Å². The van der Waals surface area contributed by atoms with Crippen molar-refractivity contribution in [2.45, 2.75) is 11.8 Å². The van der Waals surface area contributed by atoms with Crippen LogP contribution in [-0.4, -0.2) is 24.4 Å². The monoisotopic (exact) mass is 287 g/mol. The number of aryl methyl sites for hydroxylation is 1. The van der Waals surface area contributed by atoms with Crippen LogP contribution in [0.25, 0.3) is 0 Å². The Morgan fingerprint density at radius 2 is 1.75 bits per heavy atom. The predicted molar refractivity (Wildman–Crippen MR) is 84.4 cm³/mol. The lowest BCUT2D eigenvalue weighted by Crippen LogP contribution is -2.15. The zero-order valence-corrected chi connectivity index (χ0v) is 12.6. The van der Waals surface area contributed by atoms with E-state index in [1.54, 1.807) is 0 Å². The second-order valence-electron chi connectivity index (χ2n) is 4.51. The number of rotatable bonds is 4. The number of para-hydroxylation sites is 1. The maximum atomic E-state index is 11.6. The molecule has 1 N–H and O–H groups in total. The highest BCUT2D eigenvalue weighted by Gasteiger charge is 2.19. The number of hydrogen-bond donors (Lipinski definition) is 1. The smallest absolute Gasteiger partial charge is 0.338 e. The molecule has 20 heavy (non-hydrogen) atoms. The third kappa shape index (κ3) is 2.65. The zero-order chi connectivity index (χ0) is 14.7. The molecule has 0 atom stereocenters. The molecule has 0 fully saturated rings. The van der Waals surface area contributed by atoms with Gasteiger partial charge in [-0.05, 0) is 36.9 Å². The van der Waals surface area contributed by atoms with Crippen molar-refractivity contribution < 1.29 is 9.90 Å². The maximum absolute atomic E-state index is 11.6. The minimum atomic E-state index is -0.898. The van der Waals surface area contributed by atoms with Gasteiger partial charge in [0.25, 0.3) is 0 Å². The van der Waals surface area contributed by atoms with Gasteiger partial charge in [0.15, 0.2) is 0 Å². The third-order valence-corrected chi connectivity index (χ3v) is 4.06. The first-order valence-corrected chi connectivity index (χ1v) is 7.48. The second kappa shape index (κ2) is 6.01. The van der Waals surface area contributed by atoms with Crippen molar-refractivity contribution in [1.29, 1.82) is 0 Å². The number of hydrogen-bond acceptors (Lipinski definition) is 3. The number of carbonyl (C=O) groups is 1. The molecular formula is C16H17NO2S. The average Bonchev–Trinajstić information content (AvgIpc) is 2.46. The highest BCUT2D eigenvalue weighted by Crippen LogP contribution is 2.34. The topological polar surface area (TPSA) is 40.5 Å². The summed E-state index contributed by atoms with van der Waals surface area (Å²) >= 11 is 1.45. The Labute approximate surface area is 123 Å². The van der Waals surface area contributed by atoms with Crippen LogP contribution in [0.15, 0.2) is 47.4 Å². The number of carboxylic acids is 1. The molecule has 0 aliphatic heterocycles. The van der Waals surface area contributed by atoms with Gasteiger partial charge in [0.05, 0.1) is 11.3 Å². The van der Waals surface area contributed by atoms with E-state index in [1.807, 2.05) is 67.6 Å². The lowest BCUT2D eigenvalue weighted by Gasteiger charge is -2.24.